The summed E-state index contributed by atoms with van der Waals surface area (Å²) in [5.41, 5.74) is 2.32. The molecule has 0 aliphatic carbocycles. The molecule has 0 aromatic heterocycles. The molecule has 27 heavy (non-hydrogen) atoms. The Labute approximate surface area is 162 Å². The minimum atomic E-state index is 0.225. The Balaban J connectivity index is 1.47. The molecule has 3 saturated heterocycles. The SMILES string of the molecule is CC(=O)N1CC[C@H]2[C@H]1CCCCCN2Cc1ccc(N2CCCC2=O)cc1. The van der Waals surface area contributed by atoms with E-state index in [0.717, 1.165) is 51.1 Å². The molecule has 2 amide bonds. The van der Waals surface area contributed by atoms with Crippen LogP contribution < -0.4 is 4.90 Å². The maximum Gasteiger partial charge on any atom is 0.227 e. The lowest BCUT2D eigenvalue weighted by atomic mass is 9.96. The van der Waals surface area contributed by atoms with E-state index in [1.54, 1.807) is 6.92 Å². The molecule has 5 heteroatoms. The van der Waals surface area contributed by atoms with Gasteiger partial charge in [-0.25, -0.2) is 0 Å². The first kappa shape index (κ1) is 18.5. The van der Waals surface area contributed by atoms with Gasteiger partial charge in [0.25, 0.3) is 0 Å². The molecular weight excluding hydrogens is 338 g/mol. The molecule has 1 aromatic carbocycles. The van der Waals surface area contributed by atoms with Crippen molar-refractivity contribution in [2.45, 2.75) is 70.5 Å². The Morgan fingerprint density at radius 2 is 1.78 bits per heavy atom. The van der Waals surface area contributed by atoms with Crippen LogP contribution >= 0.6 is 0 Å². The van der Waals surface area contributed by atoms with Crippen molar-refractivity contribution in [1.82, 2.24) is 9.80 Å². The maximum absolute atomic E-state index is 12.0. The number of nitrogens with zero attached hydrogens (tertiary/aromatic N) is 3. The van der Waals surface area contributed by atoms with Crippen LogP contribution in [0.25, 0.3) is 0 Å². The van der Waals surface area contributed by atoms with Crippen molar-refractivity contribution in [3.8, 4) is 0 Å². The molecule has 5 nitrogen and oxygen atoms in total. The number of rotatable bonds is 3. The van der Waals surface area contributed by atoms with Crippen molar-refractivity contribution < 1.29 is 9.59 Å². The zero-order valence-corrected chi connectivity index (χ0v) is 16.4. The number of anilines is 1. The molecule has 0 saturated carbocycles. The lowest BCUT2D eigenvalue weighted by molar-refractivity contribution is -0.130. The van der Waals surface area contributed by atoms with Gasteiger partial charge in [-0.05, 0) is 49.9 Å². The van der Waals surface area contributed by atoms with Crippen LogP contribution in [-0.4, -0.2) is 53.3 Å². The van der Waals surface area contributed by atoms with Crippen molar-refractivity contribution >= 4 is 17.5 Å². The fraction of sp³-hybridized carbons (Fsp3) is 0.636. The Morgan fingerprint density at radius 1 is 0.963 bits per heavy atom. The van der Waals surface area contributed by atoms with E-state index < -0.39 is 0 Å². The standard InChI is InChI=1S/C22H31N3O2/c1-17(26)24-15-12-20-21(24)6-3-2-4-13-23(20)16-18-8-10-19(11-9-18)25-14-5-7-22(25)27/h8-11,20-21H,2-7,12-16H2,1H3/t20-,21+/m0/s1. The van der Waals surface area contributed by atoms with E-state index in [9.17, 15) is 9.59 Å². The number of carbonyl (C=O) groups excluding carboxylic acids is 2. The van der Waals surface area contributed by atoms with E-state index in [2.05, 4.69) is 34.1 Å². The van der Waals surface area contributed by atoms with E-state index in [-0.39, 0.29) is 11.8 Å². The van der Waals surface area contributed by atoms with E-state index >= 15 is 0 Å². The average Bonchev–Trinajstić information content (AvgIpc) is 3.25. The molecule has 3 fully saturated rings. The van der Waals surface area contributed by atoms with Gasteiger partial charge < -0.3 is 9.80 Å². The summed E-state index contributed by atoms with van der Waals surface area (Å²) in [6, 6.07) is 9.39. The summed E-state index contributed by atoms with van der Waals surface area (Å²) in [6.45, 7) is 5.50. The van der Waals surface area contributed by atoms with Crippen LogP contribution in [0.3, 0.4) is 0 Å². The van der Waals surface area contributed by atoms with Crippen LogP contribution in [-0.2, 0) is 16.1 Å². The number of hydrogen-bond acceptors (Lipinski definition) is 3. The minimum absolute atomic E-state index is 0.225. The lowest BCUT2D eigenvalue weighted by Crippen LogP contribution is -2.47. The molecule has 1 aromatic rings. The molecule has 0 spiro atoms. The van der Waals surface area contributed by atoms with Gasteiger partial charge in [0.15, 0.2) is 0 Å². The van der Waals surface area contributed by atoms with Crippen LogP contribution in [0.1, 0.15) is 57.4 Å². The topological polar surface area (TPSA) is 43.9 Å². The molecule has 0 N–H and O–H groups in total. The highest BCUT2D eigenvalue weighted by molar-refractivity contribution is 5.95. The Kier molecular flexibility index (Phi) is 5.48. The van der Waals surface area contributed by atoms with Crippen LogP contribution in [0.15, 0.2) is 24.3 Å². The Hall–Kier alpha value is -1.88. The summed E-state index contributed by atoms with van der Waals surface area (Å²) < 4.78 is 0. The highest BCUT2D eigenvalue weighted by Crippen LogP contribution is 2.31. The molecular formula is C22H31N3O2. The zero-order chi connectivity index (χ0) is 18.8. The molecule has 3 aliphatic heterocycles. The first-order chi connectivity index (χ1) is 13.1. The van der Waals surface area contributed by atoms with Gasteiger partial charge in [-0.3, -0.25) is 14.5 Å². The van der Waals surface area contributed by atoms with Crippen molar-refractivity contribution in [2.24, 2.45) is 0 Å². The summed E-state index contributed by atoms with van der Waals surface area (Å²) >= 11 is 0. The number of likely N-dealkylation sites (tertiary alicyclic amines) is 2. The van der Waals surface area contributed by atoms with Gasteiger partial charge in [0, 0.05) is 50.7 Å². The number of fused-ring (bicyclic) bond motifs is 1. The summed E-state index contributed by atoms with van der Waals surface area (Å²) in [4.78, 5) is 30.6. The smallest absolute Gasteiger partial charge is 0.227 e. The highest BCUT2D eigenvalue weighted by atomic mass is 16.2. The monoisotopic (exact) mass is 369 g/mol. The molecule has 3 heterocycles. The number of benzene rings is 1. The number of carbonyl (C=O) groups is 2. The minimum Gasteiger partial charge on any atom is -0.338 e. The molecule has 4 rings (SSSR count). The van der Waals surface area contributed by atoms with Crippen molar-refractivity contribution in [3.05, 3.63) is 29.8 Å². The summed E-state index contributed by atoms with van der Waals surface area (Å²) in [7, 11) is 0. The molecule has 0 radical (unpaired) electrons. The Morgan fingerprint density at radius 3 is 2.48 bits per heavy atom. The number of hydrogen-bond donors (Lipinski definition) is 0. The second-order valence-corrected chi connectivity index (χ2v) is 8.27. The molecule has 2 atom stereocenters. The molecule has 0 unspecified atom stereocenters. The first-order valence-electron chi connectivity index (χ1n) is 10.5. The van der Waals surface area contributed by atoms with Crippen LogP contribution in [0, 0.1) is 0 Å². The van der Waals surface area contributed by atoms with Crippen molar-refractivity contribution in [1.29, 1.82) is 0 Å². The molecule has 3 aliphatic rings. The third-order valence-corrected chi connectivity index (χ3v) is 6.54. The third-order valence-electron chi connectivity index (χ3n) is 6.54. The van der Waals surface area contributed by atoms with Gasteiger partial charge in [-0.2, -0.15) is 0 Å². The van der Waals surface area contributed by atoms with E-state index in [4.69, 9.17) is 0 Å². The van der Waals surface area contributed by atoms with Gasteiger partial charge in [0.2, 0.25) is 11.8 Å². The highest BCUT2D eigenvalue weighted by Gasteiger charge is 2.39. The summed E-state index contributed by atoms with van der Waals surface area (Å²) in [5, 5.41) is 0. The number of amides is 2. The van der Waals surface area contributed by atoms with E-state index in [1.807, 2.05) is 4.90 Å². The average molecular weight is 370 g/mol. The predicted octanol–water partition coefficient (Wildman–Crippen LogP) is 3.18. The van der Waals surface area contributed by atoms with Crippen LogP contribution in [0.4, 0.5) is 5.69 Å². The summed E-state index contributed by atoms with van der Waals surface area (Å²) in [6.07, 6.45) is 7.58. The van der Waals surface area contributed by atoms with Crippen molar-refractivity contribution in [2.75, 3.05) is 24.5 Å². The second kappa shape index (κ2) is 8.01. The predicted molar refractivity (Wildman–Crippen MR) is 106 cm³/mol. The first-order valence-corrected chi connectivity index (χ1v) is 10.5. The third kappa shape index (κ3) is 3.88. The largest absolute Gasteiger partial charge is 0.338 e. The van der Waals surface area contributed by atoms with Gasteiger partial charge in [0.05, 0.1) is 0 Å². The van der Waals surface area contributed by atoms with Gasteiger partial charge in [-0.1, -0.05) is 25.0 Å². The van der Waals surface area contributed by atoms with Crippen molar-refractivity contribution in [3.63, 3.8) is 0 Å². The van der Waals surface area contributed by atoms with Gasteiger partial charge in [-0.15, -0.1) is 0 Å². The van der Waals surface area contributed by atoms with Gasteiger partial charge >= 0.3 is 0 Å². The fourth-order valence-corrected chi connectivity index (χ4v) is 5.15. The second-order valence-electron chi connectivity index (χ2n) is 8.27. The molecule has 0 bridgehead atoms. The van der Waals surface area contributed by atoms with Crippen LogP contribution in [0.5, 0.6) is 0 Å². The maximum atomic E-state index is 12.0. The van der Waals surface area contributed by atoms with E-state index in [1.165, 1.54) is 24.8 Å². The molecule has 146 valence electrons. The zero-order valence-electron chi connectivity index (χ0n) is 16.4. The summed E-state index contributed by atoms with van der Waals surface area (Å²) in [5.74, 6) is 0.465. The van der Waals surface area contributed by atoms with Crippen LogP contribution in [0.2, 0.25) is 0 Å². The Bertz CT molecular complexity index is 687. The lowest BCUT2D eigenvalue weighted by Gasteiger charge is -2.37. The normalized spacial score (nSPS) is 26.8. The quantitative estimate of drug-likeness (QED) is 0.822. The fourth-order valence-electron chi connectivity index (χ4n) is 5.15. The van der Waals surface area contributed by atoms with E-state index in [0.29, 0.717) is 18.5 Å². The van der Waals surface area contributed by atoms with Gasteiger partial charge in [0.1, 0.15) is 0 Å².